The maximum absolute atomic E-state index is 4.31. The second-order valence-corrected chi connectivity index (χ2v) is 4.67. The Kier molecular flexibility index (Phi) is 2.67. The first kappa shape index (κ1) is 11.6. The molecule has 1 aromatic carbocycles. The highest BCUT2D eigenvalue weighted by Crippen LogP contribution is 2.25. The van der Waals surface area contributed by atoms with Crippen molar-refractivity contribution < 1.29 is 0 Å². The Morgan fingerprint density at radius 1 is 1.16 bits per heavy atom. The van der Waals surface area contributed by atoms with E-state index >= 15 is 0 Å². The number of benzene rings is 1. The minimum atomic E-state index is 0.784. The molecular formula is C14H15N5. The van der Waals surface area contributed by atoms with Crippen molar-refractivity contribution >= 4 is 22.5 Å². The molecule has 3 rings (SSSR count). The fraction of sp³-hybridized carbons (Fsp3) is 0.214. The lowest BCUT2D eigenvalue weighted by Gasteiger charge is -2.10. The van der Waals surface area contributed by atoms with Crippen molar-refractivity contribution in [1.29, 1.82) is 0 Å². The molecule has 3 aromatic rings. The summed E-state index contributed by atoms with van der Waals surface area (Å²) in [5.41, 5.74) is 4.28. The van der Waals surface area contributed by atoms with Gasteiger partial charge in [0, 0.05) is 12.7 Å². The molecule has 0 spiro atoms. The van der Waals surface area contributed by atoms with Crippen LogP contribution in [0.5, 0.6) is 0 Å². The van der Waals surface area contributed by atoms with E-state index in [1.165, 1.54) is 11.1 Å². The van der Waals surface area contributed by atoms with Crippen LogP contribution in [0.1, 0.15) is 11.1 Å². The van der Waals surface area contributed by atoms with Crippen molar-refractivity contribution in [3.8, 4) is 0 Å². The van der Waals surface area contributed by atoms with Gasteiger partial charge < -0.3 is 5.32 Å². The van der Waals surface area contributed by atoms with Crippen molar-refractivity contribution in [2.45, 2.75) is 13.8 Å². The Morgan fingerprint density at radius 3 is 2.84 bits per heavy atom. The molecule has 2 aromatic heterocycles. The highest BCUT2D eigenvalue weighted by atomic mass is 15.3. The molecule has 0 atom stereocenters. The molecule has 0 aliphatic rings. The highest BCUT2D eigenvalue weighted by molar-refractivity contribution is 5.88. The van der Waals surface area contributed by atoms with E-state index in [0.717, 1.165) is 22.5 Å². The van der Waals surface area contributed by atoms with Gasteiger partial charge in [0.15, 0.2) is 5.65 Å². The van der Waals surface area contributed by atoms with Crippen molar-refractivity contribution in [3.63, 3.8) is 0 Å². The second-order valence-electron chi connectivity index (χ2n) is 4.67. The zero-order valence-corrected chi connectivity index (χ0v) is 11.2. The molecule has 0 unspecified atom stereocenters. The van der Waals surface area contributed by atoms with Gasteiger partial charge in [0.2, 0.25) is 0 Å². The van der Waals surface area contributed by atoms with E-state index in [1.807, 2.05) is 7.05 Å². The summed E-state index contributed by atoms with van der Waals surface area (Å²) in [5, 5.41) is 8.50. The molecule has 5 heteroatoms. The maximum Gasteiger partial charge on any atom is 0.163 e. The van der Waals surface area contributed by atoms with Crippen LogP contribution in [-0.4, -0.2) is 19.7 Å². The summed E-state index contributed by atoms with van der Waals surface area (Å²) in [6.45, 7) is 4.15. The monoisotopic (exact) mass is 253 g/mol. The molecular weight excluding hydrogens is 238 g/mol. The number of hydrogen-bond donors (Lipinski definition) is 1. The van der Waals surface area contributed by atoms with E-state index in [9.17, 15) is 0 Å². The minimum Gasteiger partial charge on any atom is -0.339 e. The van der Waals surface area contributed by atoms with E-state index < -0.39 is 0 Å². The number of nitrogens with zero attached hydrogens (tertiary/aromatic N) is 4. The third-order valence-electron chi connectivity index (χ3n) is 3.18. The first-order chi connectivity index (χ1) is 9.15. The highest BCUT2D eigenvalue weighted by Gasteiger charge is 2.08. The fourth-order valence-corrected chi connectivity index (χ4v) is 2.06. The van der Waals surface area contributed by atoms with E-state index in [-0.39, 0.29) is 0 Å². The number of aromatic nitrogens is 4. The first-order valence-electron chi connectivity index (χ1n) is 6.12. The normalized spacial score (nSPS) is 10.9. The van der Waals surface area contributed by atoms with E-state index in [4.69, 9.17) is 0 Å². The lowest BCUT2D eigenvalue weighted by atomic mass is 10.1. The lowest BCUT2D eigenvalue weighted by molar-refractivity contribution is 0.785. The summed E-state index contributed by atoms with van der Waals surface area (Å²) in [7, 11) is 1.87. The maximum atomic E-state index is 4.31. The van der Waals surface area contributed by atoms with Gasteiger partial charge in [-0.2, -0.15) is 5.10 Å². The zero-order valence-electron chi connectivity index (χ0n) is 11.2. The van der Waals surface area contributed by atoms with Crippen molar-refractivity contribution in [1.82, 2.24) is 19.7 Å². The molecule has 0 bridgehead atoms. The average Bonchev–Trinajstić information content (AvgIpc) is 2.77. The van der Waals surface area contributed by atoms with E-state index in [2.05, 4.69) is 52.4 Å². The van der Waals surface area contributed by atoms with Gasteiger partial charge in [0.25, 0.3) is 0 Å². The quantitative estimate of drug-likeness (QED) is 0.763. The fourth-order valence-electron chi connectivity index (χ4n) is 2.06. The Morgan fingerprint density at radius 2 is 2.00 bits per heavy atom. The lowest BCUT2D eigenvalue weighted by Crippen LogP contribution is -1.98. The summed E-state index contributed by atoms with van der Waals surface area (Å²) < 4.78 is 1.74. The average molecular weight is 253 g/mol. The van der Waals surface area contributed by atoms with Gasteiger partial charge in [-0.1, -0.05) is 12.1 Å². The topological polar surface area (TPSA) is 55.6 Å². The summed E-state index contributed by atoms with van der Waals surface area (Å²) in [4.78, 5) is 8.54. The number of nitrogens with one attached hydrogen (secondary N) is 1. The third kappa shape index (κ3) is 2.03. The van der Waals surface area contributed by atoms with Crippen molar-refractivity contribution in [2.75, 3.05) is 5.32 Å². The van der Waals surface area contributed by atoms with E-state index in [0.29, 0.717) is 0 Å². The van der Waals surface area contributed by atoms with Gasteiger partial charge in [-0.25, -0.2) is 9.97 Å². The standard InChI is InChI=1S/C14H15N5/c1-9-4-5-10(2)12(6-9)18-13-11-7-17-19(3)14(11)16-8-15-13/h4-8H,1-3H3,(H,15,16,18). The molecule has 19 heavy (non-hydrogen) atoms. The SMILES string of the molecule is Cc1ccc(C)c(Nc2ncnc3c2cnn3C)c1. The van der Waals surface area contributed by atoms with Crippen LogP contribution < -0.4 is 5.32 Å². The summed E-state index contributed by atoms with van der Waals surface area (Å²) in [6, 6.07) is 6.30. The number of hydrogen-bond acceptors (Lipinski definition) is 4. The van der Waals surface area contributed by atoms with Gasteiger partial charge in [0.1, 0.15) is 12.1 Å². The Hall–Kier alpha value is -2.43. The minimum absolute atomic E-state index is 0.784. The zero-order chi connectivity index (χ0) is 13.4. The summed E-state index contributed by atoms with van der Waals surface area (Å²) >= 11 is 0. The van der Waals surface area contributed by atoms with Crippen molar-refractivity contribution in [2.24, 2.45) is 7.05 Å². The number of fused-ring (bicyclic) bond motifs is 1. The molecule has 96 valence electrons. The molecule has 2 heterocycles. The van der Waals surface area contributed by atoms with Crippen LogP contribution in [0.3, 0.4) is 0 Å². The van der Waals surface area contributed by atoms with Crippen LogP contribution in [0.25, 0.3) is 11.0 Å². The molecule has 5 nitrogen and oxygen atoms in total. The molecule has 1 N–H and O–H groups in total. The second kappa shape index (κ2) is 4.35. The molecule has 0 fully saturated rings. The predicted molar refractivity (Wildman–Crippen MR) is 75.5 cm³/mol. The predicted octanol–water partition coefficient (Wildman–Crippen LogP) is 2.72. The Bertz CT molecular complexity index is 745. The number of aryl methyl sites for hydroxylation is 3. The van der Waals surface area contributed by atoms with Gasteiger partial charge in [-0.3, -0.25) is 4.68 Å². The van der Waals surface area contributed by atoms with Gasteiger partial charge >= 0.3 is 0 Å². The van der Waals surface area contributed by atoms with Crippen LogP contribution in [-0.2, 0) is 7.05 Å². The first-order valence-corrected chi connectivity index (χ1v) is 6.12. The van der Waals surface area contributed by atoms with Gasteiger partial charge in [-0.05, 0) is 31.0 Å². The summed E-state index contributed by atoms with van der Waals surface area (Å²) in [6.07, 6.45) is 3.33. The van der Waals surface area contributed by atoms with Crippen LogP contribution in [0.4, 0.5) is 11.5 Å². The smallest absolute Gasteiger partial charge is 0.163 e. The molecule has 0 aliphatic heterocycles. The van der Waals surface area contributed by atoms with Crippen LogP contribution >= 0.6 is 0 Å². The molecule has 0 radical (unpaired) electrons. The molecule has 0 amide bonds. The Labute approximate surface area is 111 Å². The van der Waals surface area contributed by atoms with Crippen LogP contribution in [0.15, 0.2) is 30.7 Å². The summed E-state index contributed by atoms with van der Waals surface area (Å²) in [5.74, 6) is 0.784. The number of rotatable bonds is 2. The van der Waals surface area contributed by atoms with Gasteiger partial charge in [-0.15, -0.1) is 0 Å². The third-order valence-corrected chi connectivity index (χ3v) is 3.18. The van der Waals surface area contributed by atoms with Crippen LogP contribution in [0.2, 0.25) is 0 Å². The number of anilines is 2. The largest absolute Gasteiger partial charge is 0.339 e. The van der Waals surface area contributed by atoms with Gasteiger partial charge in [0.05, 0.1) is 11.6 Å². The molecule has 0 saturated carbocycles. The Balaban J connectivity index is 2.08. The van der Waals surface area contributed by atoms with E-state index in [1.54, 1.807) is 17.2 Å². The molecule has 0 aliphatic carbocycles. The van der Waals surface area contributed by atoms with Crippen LogP contribution in [0, 0.1) is 13.8 Å². The van der Waals surface area contributed by atoms with Crippen molar-refractivity contribution in [3.05, 3.63) is 41.9 Å². The molecule has 0 saturated heterocycles.